The van der Waals surface area contributed by atoms with Crippen LogP contribution in [0.5, 0.6) is 11.5 Å². The van der Waals surface area contributed by atoms with Crippen LogP contribution in [0.2, 0.25) is 0 Å². The van der Waals surface area contributed by atoms with Gasteiger partial charge in [-0.3, -0.25) is 4.98 Å². The van der Waals surface area contributed by atoms with Gasteiger partial charge in [-0.05, 0) is 37.3 Å². The first kappa shape index (κ1) is 18.2. The number of nitrogens with zero attached hydrogens (tertiary/aromatic N) is 3. The monoisotopic (exact) mass is 412 g/mol. The van der Waals surface area contributed by atoms with Gasteiger partial charge in [-0.25, -0.2) is 4.98 Å². The zero-order valence-corrected chi connectivity index (χ0v) is 16.9. The number of nitriles is 1. The van der Waals surface area contributed by atoms with E-state index in [1.807, 2.05) is 60.8 Å². The Morgan fingerprint density at radius 2 is 2.03 bits per heavy atom. The largest absolute Gasteiger partial charge is 0.454 e. The maximum absolute atomic E-state index is 9.68. The lowest BCUT2D eigenvalue weighted by atomic mass is 10.1. The van der Waals surface area contributed by atoms with E-state index in [4.69, 9.17) is 9.47 Å². The standard InChI is InChI=1S/C23H16N4O2S/c1-14-5-6-15-3-2-4-18(22(15)26-14)25-11-17(10-24)23-27-19(12-30-23)16-7-8-20-21(9-16)29-13-28-20/h2-9,11-12,25H,13H2,1H3. The minimum Gasteiger partial charge on any atom is -0.454 e. The van der Waals surface area contributed by atoms with Crippen LogP contribution in [0.1, 0.15) is 10.7 Å². The summed E-state index contributed by atoms with van der Waals surface area (Å²) in [6, 6.07) is 17.9. The predicted molar refractivity (Wildman–Crippen MR) is 117 cm³/mol. The summed E-state index contributed by atoms with van der Waals surface area (Å²) >= 11 is 1.42. The highest BCUT2D eigenvalue weighted by Gasteiger charge is 2.16. The van der Waals surface area contributed by atoms with Crippen LogP contribution >= 0.6 is 11.3 Å². The Kier molecular flexibility index (Phi) is 4.54. The smallest absolute Gasteiger partial charge is 0.231 e. The molecule has 3 heterocycles. The van der Waals surface area contributed by atoms with Gasteiger partial charge in [0.1, 0.15) is 16.6 Å². The number of hydrogen-bond donors (Lipinski definition) is 1. The number of aryl methyl sites for hydroxylation is 1. The van der Waals surface area contributed by atoms with Crippen molar-refractivity contribution < 1.29 is 9.47 Å². The van der Waals surface area contributed by atoms with E-state index in [2.05, 4.69) is 21.4 Å². The van der Waals surface area contributed by atoms with E-state index in [0.717, 1.165) is 39.3 Å². The van der Waals surface area contributed by atoms with Crippen molar-refractivity contribution in [3.8, 4) is 28.8 Å². The van der Waals surface area contributed by atoms with Crippen LogP contribution < -0.4 is 14.8 Å². The van der Waals surface area contributed by atoms with E-state index >= 15 is 0 Å². The normalized spacial score (nSPS) is 12.7. The molecule has 0 aliphatic carbocycles. The molecule has 6 nitrogen and oxygen atoms in total. The van der Waals surface area contributed by atoms with Crippen molar-refractivity contribution in [2.75, 3.05) is 12.1 Å². The van der Waals surface area contributed by atoms with E-state index in [-0.39, 0.29) is 6.79 Å². The summed E-state index contributed by atoms with van der Waals surface area (Å²) in [5, 5.41) is 16.5. The molecule has 0 atom stereocenters. The summed E-state index contributed by atoms with van der Waals surface area (Å²) in [4.78, 5) is 9.26. The lowest BCUT2D eigenvalue weighted by Crippen LogP contribution is -1.94. The van der Waals surface area contributed by atoms with E-state index in [0.29, 0.717) is 16.3 Å². The number of aromatic nitrogens is 2. The number of ether oxygens (including phenoxy) is 2. The molecule has 5 rings (SSSR count). The zero-order valence-electron chi connectivity index (χ0n) is 16.0. The van der Waals surface area contributed by atoms with Crippen molar-refractivity contribution in [1.29, 1.82) is 5.26 Å². The lowest BCUT2D eigenvalue weighted by Gasteiger charge is -2.06. The summed E-state index contributed by atoms with van der Waals surface area (Å²) in [6.45, 7) is 2.19. The number of benzene rings is 2. The molecule has 30 heavy (non-hydrogen) atoms. The van der Waals surface area contributed by atoms with Gasteiger partial charge in [-0.2, -0.15) is 5.26 Å². The molecule has 0 bridgehead atoms. The van der Waals surface area contributed by atoms with Gasteiger partial charge < -0.3 is 14.8 Å². The second kappa shape index (κ2) is 7.50. The molecule has 2 aromatic heterocycles. The van der Waals surface area contributed by atoms with Crippen molar-refractivity contribution in [3.63, 3.8) is 0 Å². The summed E-state index contributed by atoms with van der Waals surface area (Å²) in [6.07, 6.45) is 1.68. The van der Waals surface area contributed by atoms with E-state index in [1.165, 1.54) is 11.3 Å². The van der Waals surface area contributed by atoms with Crippen molar-refractivity contribution in [3.05, 3.63) is 70.8 Å². The topological polar surface area (TPSA) is 80.1 Å². The third-order valence-corrected chi connectivity index (χ3v) is 5.63. The number of pyridine rings is 1. The van der Waals surface area contributed by atoms with Crippen LogP contribution in [-0.2, 0) is 0 Å². The molecule has 1 aliphatic heterocycles. The van der Waals surface area contributed by atoms with Crippen LogP contribution in [0.15, 0.2) is 60.1 Å². The highest BCUT2D eigenvalue weighted by atomic mass is 32.1. The third kappa shape index (κ3) is 3.34. The Labute approximate surface area is 177 Å². The molecule has 146 valence electrons. The summed E-state index contributed by atoms with van der Waals surface area (Å²) < 4.78 is 10.8. The van der Waals surface area contributed by atoms with Crippen LogP contribution in [0.25, 0.3) is 27.7 Å². The van der Waals surface area contributed by atoms with Gasteiger partial charge in [0.2, 0.25) is 6.79 Å². The minimum absolute atomic E-state index is 0.233. The van der Waals surface area contributed by atoms with Gasteiger partial charge in [0.05, 0.1) is 16.9 Å². The third-order valence-electron chi connectivity index (χ3n) is 4.75. The fourth-order valence-electron chi connectivity index (χ4n) is 3.24. The fraction of sp³-hybridized carbons (Fsp3) is 0.0870. The van der Waals surface area contributed by atoms with E-state index in [9.17, 15) is 5.26 Å². The Morgan fingerprint density at radius 1 is 1.13 bits per heavy atom. The van der Waals surface area contributed by atoms with Crippen LogP contribution in [0, 0.1) is 18.3 Å². The Morgan fingerprint density at radius 3 is 2.93 bits per heavy atom. The summed E-state index contributed by atoms with van der Waals surface area (Å²) in [7, 11) is 0. The first-order valence-corrected chi connectivity index (χ1v) is 10.2. The van der Waals surface area contributed by atoms with Gasteiger partial charge in [0, 0.05) is 28.2 Å². The van der Waals surface area contributed by atoms with Crippen molar-refractivity contribution >= 4 is 33.5 Å². The van der Waals surface area contributed by atoms with Gasteiger partial charge in [-0.1, -0.05) is 18.2 Å². The number of nitrogens with one attached hydrogen (secondary N) is 1. The van der Waals surface area contributed by atoms with Gasteiger partial charge in [0.25, 0.3) is 0 Å². The molecule has 0 saturated heterocycles. The quantitative estimate of drug-likeness (QED) is 0.454. The molecule has 2 aromatic carbocycles. The molecular formula is C23H16N4O2S. The maximum Gasteiger partial charge on any atom is 0.231 e. The van der Waals surface area contributed by atoms with E-state index in [1.54, 1.807) is 6.20 Å². The maximum atomic E-state index is 9.68. The molecule has 4 aromatic rings. The number of thiazole rings is 1. The molecule has 0 unspecified atom stereocenters. The number of para-hydroxylation sites is 1. The Balaban J connectivity index is 1.44. The molecule has 7 heteroatoms. The molecule has 1 aliphatic rings. The van der Waals surface area contributed by atoms with Crippen LogP contribution in [0.3, 0.4) is 0 Å². The van der Waals surface area contributed by atoms with Crippen molar-refractivity contribution in [2.24, 2.45) is 0 Å². The van der Waals surface area contributed by atoms with Crippen molar-refractivity contribution in [2.45, 2.75) is 6.92 Å². The van der Waals surface area contributed by atoms with E-state index < -0.39 is 0 Å². The SMILES string of the molecule is Cc1ccc2cccc(NC=C(C#N)c3nc(-c4ccc5c(c4)OCO5)cs3)c2n1. The average molecular weight is 412 g/mol. The average Bonchev–Trinajstić information content (AvgIpc) is 3.43. The fourth-order valence-corrected chi connectivity index (χ4v) is 4.03. The zero-order chi connectivity index (χ0) is 20.5. The molecule has 1 N–H and O–H groups in total. The van der Waals surface area contributed by atoms with Gasteiger partial charge in [0.15, 0.2) is 11.5 Å². The summed E-state index contributed by atoms with van der Waals surface area (Å²) in [5.74, 6) is 1.44. The number of anilines is 1. The van der Waals surface area contributed by atoms with Crippen LogP contribution in [0.4, 0.5) is 5.69 Å². The number of fused-ring (bicyclic) bond motifs is 2. The number of hydrogen-bond acceptors (Lipinski definition) is 7. The first-order chi connectivity index (χ1) is 14.7. The van der Waals surface area contributed by atoms with Crippen molar-refractivity contribution in [1.82, 2.24) is 9.97 Å². The lowest BCUT2D eigenvalue weighted by molar-refractivity contribution is 0.174. The van der Waals surface area contributed by atoms with Gasteiger partial charge in [-0.15, -0.1) is 11.3 Å². The second-order valence-electron chi connectivity index (χ2n) is 6.75. The Hall–Kier alpha value is -3.89. The van der Waals surface area contributed by atoms with Gasteiger partial charge >= 0.3 is 0 Å². The molecule has 0 radical (unpaired) electrons. The molecule has 0 spiro atoms. The second-order valence-corrected chi connectivity index (χ2v) is 7.61. The number of rotatable bonds is 4. The predicted octanol–water partition coefficient (Wildman–Crippen LogP) is 5.37. The molecular weight excluding hydrogens is 396 g/mol. The first-order valence-electron chi connectivity index (χ1n) is 9.30. The molecule has 0 saturated carbocycles. The highest BCUT2D eigenvalue weighted by molar-refractivity contribution is 7.11. The summed E-state index contributed by atoms with van der Waals surface area (Å²) in [5.41, 5.74) is 4.81. The highest BCUT2D eigenvalue weighted by Crippen LogP contribution is 2.36. The molecule has 0 fully saturated rings. The Bertz CT molecular complexity index is 1340. The number of allylic oxidation sites excluding steroid dienone is 1. The molecule has 0 amide bonds. The minimum atomic E-state index is 0.233. The van der Waals surface area contributed by atoms with Crippen LogP contribution in [-0.4, -0.2) is 16.8 Å².